The number of benzene rings is 1. The van der Waals surface area contributed by atoms with Gasteiger partial charge in [0.1, 0.15) is 6.04 Å². The molecule has 0 radical (unpaired) electrons. The van der Waals surface area contributed by atoms with Crippen molar-refractivity contribution in [2.24, 2.45) is 0 Å². The van der Waals surface area contributed by atoms with Crippen LogP contribution in [0.4, 0.5) is 11.6 Å². The van der Waals surface area contributed by atoms with Crippen molar-refractivity contribution >= 4 is 17.3 Å². The van der Waals surface area contributed by atoms with Gasteiger partial charge >= 0.3 is 0 Å². The molecule has 0 amide bonds. The molecule has 3 aromatic rings. The lowest BCUT2D eigenvalue weighted by molar-refractivity contribution is -0.384. The number of tetrazole rings is 1. The number of nitro benzene ring substituents is 1. The number of nitrogens with zero attached hydrogens (tertiary/aromatic N) is 6. The second kappa shape index (κ2) is 5.02. The lowest BCUT2D eigenvalue weighted by atomic mass is 10.1. The molecule has 1 aliphatic rings. The minimum Gasteiger partial charge on any atom is -0.346 e. The van der Waals surface area contributed by atoms with E-state index in [1.165, 1.54) is 12.1 Å². The predicted octanol–water partition coefficient (Wildman–Crippen LogP) is 1.36. The Morgan fingerprint density at radius 3 is 3.04 bits per heavy atom. The minimum absolute atomic E-state index is 0.0217. The summed E-state index contributed by atoms with van der Waals surface area (Å²) in [5, 5.41) is 25.6. The Labute approximate surface area is 129 Å². The van der Waals surface area contributed by atoms with Crippen LogP contribution in [0.1, 0.15) is 17.3 Å². The summed E-state index contributed by atoms with van der Waals surface area (Å²) in [5.74, 6) is 0.452. The van der Waals surface area contributed by atoms with Crippen LogP contribution in [0, 0.1) is 10.1 Å². The van der Waals surface area contributed by atoms with Crippen molar-refractivity contribution < 1.29 is 4.92 Å². The number of non-ortho nitro benzene ring substituents is 1. The van der Waals surface area contributed by atoms with Crippen LogP contribution in [0.5, 0.6) is 0 Å². The van der Waals surface area contributed by atoms with Crippen LogP contribution in [0.3, 0.4) is 0 Å². The second-order valence-corrected chi connectivity index (χ2v) is 4.91. The molecule has 2 aromatic heterocycles. The standard InChI is InChI=1S/C13H10N8O2/c22-21(23)9-3-1-2-8(4-9)10-5-12(11-6-14-7-15-11)20-13(16-10)17-18-19-20/h1-7,12H,(H,14,15)(H,16,17,19). The molecule has 0 saturated heterocycles. The van der Waals surface area contributed by atoms with E-state index in [0.29, 0.717) is 17.2 Å². The van der Waals surface area contributed by atoms with Crippen molar-refractivity contribution in [3.63, 3.8) is 0 Å². The highest BCUT2D eigenvalue weighted by molar-refractivity contribution is 5.77. The fourth-order valence-corrected chi connectivity index (χ4v) is 2.46. The summed E-state index contributed by atoms with van der Waals surface area (Å²) >= 11 is 0. The Hall–Kier alpha value is -3.56. The van der Waals surface area contributed by atoms with Crippen LogP contribution >= 0.6 is 0 Å². The smallest absolute Gasteiger partial charge is 0.270 e. The Morgan fingerprint density at radius 1 is 1.35 bits per heavy atom. The zero-order valence-electron chi connectivity index (χ0n) is 11.6. The zero-order valence-corrected chi connectivity index (χ0v) is 11.6. The van der Waals surface area contributed by atoms with Crippen LogP contribution in [-0.2, 0) is 0 Å². The average Bonchev–Trinajstić information content (AvgIpc) is 3.25. The molecule has 1 aromatic carbocycles. The molecule has 10 nitrogen and oxygen atoms in total. The van der Waals surface area contributed by atoms with Gasteiger partial charge in [-0.1, -0.05) is 17.2 Å². The Bertz CT molecular complexity index is 898. The van der Waals surface area contributed by atoms with Crippen LogP contribution in [0.25, 0.3) is 5.70 Å². The molecule has 0 aliphatic carbocycles. The highest BCUT2D eigenvalue weighted by Crippen LogP contribution is 2.31. The summed E-state index contributed by atoms with van der Waals surface area (Å²) in [6.45, 7) is 0. The number of imidazole rings is 1. The number of aromatic nitrogens is 6. The van der Waals surface area contributed by atoms with E-state index < -0.39 is 4.92 Å². The van der Waals surface area contributed by atoms with Crippen molar-refractivity contribution in [2.45, 2.75) is 6.04 Å². The summed E-state index contributed by atoms with van der Waals surface area (Å²) < 4.78 is 1.61. The SMILES string of the molecule is O=[N+]([O-])c1cccc(C2=CC(c3cnc[nH]3)n3nnnc3N2)c1. The maximum Gasteiger partial charge on any atom is 0.270 e. The molecule has 1 atom stereocenters. The number of rotatable bonds is 3. The Morgan fingerprint density at radius 2 is 2.26 bits per heavy atom. The van der Waals surface area contributed by atoms with E-state index in [9.17, 15) is 10.1 Å². The molecule has 3 heterocycles. The number of H-pyrrole nitrogens is 1. The van der Waals surface area contributed by atoms with E-state index in [0.717, 1.165) is 5.69 Å². The van der Waals surface area contributed by atoms with E-state index in [4.69, 9.17) is 0 Å². The first-order valence-corrected chi connectivity index (χ1v) is 6.72. The topological polar surface area (TPSA) is 127 Å². The van der Waals surface area contributed by atoms with Crippen LogP contribution < -0.4 is 5.32 Å². The molecule has 0 fully saturated rings. The lowest BCUT2D eigenvalue weighted by Crippen LogP contribution is -2.20. The highest BCUT2D eigenvalue weighted by Gasteiger charge is 2.25. The van der Waals surface area contributed by atoms with Gasteiger partial charge in [0.25, 0.3) is 5.69 Å². The first kappa shape index (κ1) is 13.1. The summed E-state index contributed by atoms with van der Waals surface area (Å²) in [4.78, 5) is 17.6. The number of anilines is 1. The molecule has 0 spiro atoms. The molecular formula is C13H10N8O2. The molecule has 23 heavy (non-hydrogen) atoms. The van der Waals surface area contributed by atoms with Crippen molar-refractivity contribution in [1.82, 2.24) is 30.2 Å². The fourth-order valence-electron chi connectivity index (χ4n) is 2.46. The normalized spacial score (nSPS) is 16.3. The fraction of sp³-hybridized carbons (Fsp3) is 0.0769. The third-order valence-electron chi connectivity index (χ3n) is 3.53. The first-order valence-electron chi connectivity index (χ1n) is 6.72. The van der Waals surface area contributed by atoms with Crippen LogP contribution in [-0.4, -0.2) is 35.1 Å². The molecule has 1 aliphatic heterocycles. The van der Waals surface area contributed by atoms with E-state index in [1.54, 1.807) is 29.3 Å². The molecule has 1 unspecified atom stereocenters. The van der Waals surface area contributed by atoms with Crippen molar-refractivity contribution in [1.29, 1.82) is 0 Å². The third kappa shape index (κ3) is 2.21. The third-order valence-corrected chi connectivity index (χ3v) is 3.53. The monoisotopic (exact) mass is 310 g/mol. The van der Waals surface area contributed by atoms with Gasteiger partial charge in [0.05, 0.1) is 23.1 Å². The zero-order chi connectivity index (χ0) is 15.8. The van der Waals surface area contributed by atoms with Gasteiger partial charge in [0.15, 0.2) is 0 Å². The maximum absolute atomic E-state index is 11.0. The molecule has 114 valence electrons. The Kier molecular flexibility index (Phi) is 2.86. The lowest BCUT2D eigenvalue weighted by Gasteiger charge is -2.22. The number of hydrogen-bond donors (Lipinski definition) is 2. The van der Waals surface area contributed by atoms with Gasteiger partial charge in [-0.3, -0.25) is 10.1 Å². The largest absolute Gasteiger partial charge is 0.346 e. The molecule has 10 heteroatoms. The van der Waals surface area contributed by atoms with E-state index in [-0.39, 0.29) is 11.7 Å². The van der Waals surface area contributed by atoms with Crippen molar-refractivity contribution in [3.05, 3.63) is 64.2 Å². The maximum atomic E-state index is 11.0. The van der Waals surface area contributed by atoms with Gasteiger partial charge in [0, 0.05) is 23.4 Å². The molecular weight excluding hydrogens is 300 g/mol. The number of nitro groups is 1. The van der Waals surface area contributed by atoms with Crippen LogP contribution in [0.2, 0.25) is 0 Å². The van der Waals surface area contributed by atoms with E-state index in [2.05, 4.69) is 30.8 Å². The van der Waals surface area contributed by atoms with Gasteiger partial charge in [-0.05, 0) is 16.5 Å². The van der Waals surface area contributed by atoms with Gasteiger partial charge < -0.3 is 10.3 Å². The predicted molar refractivity (Wildman–Crippen MR) is 79.2 cm³/mol. The molecule has 2 N–H and O–H groups in total. The highest BCUT2D eigenvalue weighted by atomic mass is 16.6. The van der Waals surface area contributed by atoms with Crippen LogP contribution in [0.15, 0.2) is 42.9 Å². The summed E-state index contributed by atoms with van der Waals surface area (Å²) in [7, 11) is 0. The van der Waals surface area contributed by atoms with E-state index in [1.807, 2.05) is 6.08 Å². The molecule has 0 saturated carbocycles. The van der Waals surface area contributed by atoms with Crippen molar-refractivity contribution in [2.75, 3.05) is 5.32 Å². The van der Waals surface area contributed by atoms with Crippen molar-refractivity contribution in [3.8, 4) is 0 Å². The number of hydrogen-bond acceptors (Lipinski definition) is 7. The van der Waals surface area contributed by atoms with Gasteiger partial charge in [0.2, 0.25) is 5.95 Å². The van der Waals surface area contributed by atoms with Gasteiger partial charge in [-0.15, -0.1) is 0 Å². The van der Waals surface area contributed by atoms with E-state index >= 15 is 0 Å². The average molecular weight is 310 g/mol. The summed E-state index contributed by atoms with van der Waals surface area (Å²) in [5.41, 5.74) is 2.20. The summed E-state index contributed by atoms with van der Waals surface area (Å²) in [6.07, 6.45) is 5.14. The molecule has 0 bridgehead atoms. The number of allylic oxidation sites excluding steroid dienone is 1. The first-order chi connectivity index (χ1) is 11.2. The number of aromatic amines is 1. The number of fused-ring (bicyclic) bond motifs is 1. The van der Waals surface area contributed by atoms with Gasteiger partial charge in [-0.25, -0.2) is 4.98 Å². The second-order valence-electron chi connectivity index (χ2n) is 4.91. The quantitative estimate of drug-likeness (QED) is 0.552. The summed E-state index contributed by atoms with van der Waals surface area (Å²) in [6, 6.07) is 6.10. The Balaban J connectivity index is 1.80. The van der Waals surface area contributed by atoms with Gasteiger partial charge in [-0.2, -0.15) is 4.68 Å². The number of nitrogens with one attached hydrogen (secondary N) is 2. The molecule has 4 rings (SSSR count). The minimum atomic E-state index is -0.427.